The Labute approximate surface area is 187 Å². The summed E-state index contributed by atoms with van der Waals surface area (Å²) in [5.74, 6) is -0.882. The zero-order chi connectivity index (χ0) is 23.5. The number of carbonyl (C=O) groups excluding carboxylic acids is 2. The maximum atomic E-state index is 12.8. The maximum Gasteiger partial charge on any atom is 0.337 e. The number of carbonyl (C=O) groups is 2. The lowest BCUT2D eigenvalue weighted by molar-refractivity contribution is 0.0600. The fourth-order valence-electron chi connectivity index (χ4n) is 3.04. The molecule has 0 fully saturated rings. The summed E-state index contributed by atoms with van der Waals surface area (Å²) in [6.45, 7) is 5.41. The average molecular weight is 453 g/mol. The molecule has 3 aromatic rings. The topological polar surface area (TPSA) is 102 Å². The number of rotatable bonds is 6. The molecule has 0 saturated heterocycles. The van der Waals surface area contributed by atoms with Gasteiger partial charge in [0.25, 0.3) is 15.9 Å². The van der Waals surface area contributed by atoms with Gasteiger partial charge in [-0.25, -0.2) is 13.2 Å². The molecule has 3 rings (SSSR count). The fraction of sp³-hybridized carbons (Fsp3) is 0.167. The van der Waals surface area contributed by atoms with Crippen LogP contribution in [0.4, 0.5) is 11.4 Å². The minimum atomic E-state index is -3.75. The molecule has 0 aliphatic rings. The molecule has 0 aliphatic carbocycles. The van der Waals surface area contributed by atoms with Crippen molar-refractivity contribution in [3.63, 3.8) is 0 Å². The molecular formula is C24H24N2O5S. The molecule has 0 radical (unpaired) electrons. The Kier molecular flexibility index (Phi) is 6.64. The molecule has 8 heteroatoms. The van der Waals surface area contributed by atoms with Gasteiger partial charge in [0.2, 0.25) is 0 Å². The third-order valence-corrected chi connectivity index (χ3v) is 6.35. The van der Waals surface area contributed by atoms with E-state index in [4.69, 9.17) is 4.74 Å². The molecule has 0 bridgehead atoms. The zero-order valence-corrected chi connectivity index (χ0v) is 19.0. The van der Waals surface area contributed by atoms with Crippen molar-refractivity contribution in [3.05, 3.63) is 88.5 Å². The predicted molar refractivity (Wildman–Crippen MR) is 124 cm³/mol. The molecule has 3 aromatic carbocycles. The van der Waals surface area contributed by atoms with Crippen molar-refractivity contribution in [2.75, 3.05) is 17.1 Å². The number of nitrogens with one attached hydrogen (secondary N) is 2. The van der Waals surface area contributed by atoms with E-state index < -0.39 is 16.0 Å². The number of amides is 1. The number of methoxy groups -OCH3 is 1. The molecule has 0 spiro atoms. The van der Waals surface area contributed by atoms with Crippen molar-refractivity contribution in [1.82, 2.24) is 0 Å². The van der Waals surface area contributed by atoms with E-state index in [1.807, 2.05) is 13.8 Å². The van der Waals surface area contributed by atoms with Crippen LogP contribution < -0.4 is 10.0 Å². The van der Waals surface area contributed by atoms with Crippen molar-refractivity contribution in [3.8, 4) is 0 Å². The number of anilines is 2. The number of benzene rings is 3. The third-order valence-electron chi connectivity index (χ3n) is 4.97. The van der Waals surface area contributed by atoms with E-state index in [9.17, 15) is 18.0 Å². The summed E-state index contributed by atoms with van der Waals surface area (Å²) in [6.07, 6.45) is 0. The Morgan fingerprint density at radius 3 is 2.06 bits per heavy atom. The van der Waals surface area contributed by atoms with Gasteiger partial charge in [0.05, 0.1) is 23.3 Å². The van der Waals surface area contributed by atoms with Gasteiger partial charge < -0.3 is 10.1 Å². The SMILES string of the molecule is COC(=O)c1ccc(C)c(NC(=O)c2ccc(NS(=O)(=O)c3ccc(C)cc3)c(C)c2)c1. The monoisotopic (exact) mass is 452 g/mol. The molecule has 2 N–H and O–H groups in total. The Hall–Kier alpha value is -3.65. The van der Waals surface area contributed by atoms with E-state index >= 15 is 0 Å². The highest BCUT2D eigenvalue weighted by Gasteiger charge is 2.17. The van der Waals surface area contributed by atoms with Crippen molar-refractivity contribution in [1.29, 1.82) is 0 Å². The molecule has 0 aliphatic heterocycles. The summed E-state index contributed by atoms with van der Waals surface area (Å²) in [4.78, 5) is 24.7. The standard InChI is InChI=1S/C24H24N2O5S/c1-15-5-10-20(11-6-15)32(29,30)26-21-12-9-18(13-17(21)3)23(27)25-22-14-19(24(28)31-4)8-7-16(22)2/h5-14,26H,1-4H3,(H,25,27). The summed E-state index contributed by atoms with van der Waals surface area (Å²) >= 11 is 0. The first-order valence-corrected chi connectivity index (χ1v) is 11.3. The molecule has 0 aromatic heterocycles. The molecule has 1 amide bonds. The van der Waals surface area contributed by atoms with Gasteiger partial charge in [0.15, 0.2) is 0 Å². The van der Waals surface area contributed by atoms with Crippen LogP contribution in [0.3, 0.4) is 0 Å². The molecule has 0 heterocycles. The van der Waals surface area contributed by atoms with E-state index in [0.29, 0.717) is 28.1 Å². The van der Waals surface area contributed by atoms with Crippen LogP contribution in [0.1, 0.15) is 37.4 Å². The van der Waals surface area contributed by atoms with Crippen molar-refractivity contribution in [2.45, 2.75) is 25.7 Å². The van der Waals surface area contributed by atoms with Crippen LogP contribution in [0.2, 0.25) is 0 Å². The van der Waals surface area contributed by atoms with Gasteiger partial charge in [-0.1, -0.05) is 23.8 Å². The second-order valence-electron chi connectivity index (χ2n) is 7.42. The summed E-state index contributed by atoms with van der Waals surface area (Å²) < 4.78 is 32.6. The highest BCUT2D eigenvalue weighted by atomic mass is 32.2. The first kappa shape index (κ1) is 23.0. The lowest BCUT2D eigenvalue weighted by Gasteiger charge is -2.13. The normalized spacial score (nSPS) is 11.0. The van der Waals surface area contributed by atoms with Crippen molar-refractivity contribution < 1.29 is 22.7 Å². The van der Waals surface area contributed by atoms with Gasteiger partial charge in [0.1, 0.15) is 0 Å². The number of sulfonamides is 1. The van der Waals surface area contributed by atoms with E-state index in [1.54, 1.807) is 61.5 Å². The van der Waals surface area contributed by atoms with E-state index in [2.05, 4.69) is 10.0 Å². The summed E-state index contributed by atoms with van der Waals surface area (Å²) in [6, 6.07) is 16.1. The van der Waals surface area contributed by atoms with Gasteiger partial charge in [-0.15, -0.1) is 0 Å². The Balaban J connectivity index is 1.80. The quantitative estimate of drug-likeness (QED) is 0.538. The lowest BCUT2D eigenvalue weighted by Crippen LogP contribution is -2.16. The van der Waals surface area contributed by atoms with Crippen LogP contribution in [0, 0.1) is 20.8 Å². The Morgan fingerprint density at radius 2 is 1.44 bits per heavy atom. The van der Waals surface area contributed by atoms with Crippen LogP contribution >= 0.6 is 0 Å². The first-order chi connectivity index (χ1) is 15.1. The van der Waals surface area contributed by atoms with Gasteiger partial charge in [-0.05, 0) is 74.4 Å². The first-order valence-electron chi connectivity index (χ1n) is 9.81. The minimum absolute atomic E-state index is 0.158. The number of hydrogen-bond acceptors (Lipinski definition) is 5. The highest BCUT2D eigenvalue weighted by molar-refractivity contribution is 7.92. The largest absolute Gasteiger partial charge is 0.465 e. The summed E-state index contributed by atoms with van der Waals surface area (Å²) in [5.41, 5.74) is 3.88. The highest BCUT2D eigenvalue weighted by Crippen LogP contribution is 2.23. The van der Waals surface area contributed by atoms with Gasteiger partial charge in [0, 0.05) is 11.3 Å². The second-order valence-corrected chi connectivity index (χ2v) is 9.11. The molecule has 0 saturated carbocycles. The molecule has 166 valence electrons. The summed E-state index contributed by atoms with van der Waals surface area (Å²) in [7, 11) is -2.46. The molecular weight excluding hydrogens is 428 g/mol. The molecule has 0 atom stereocenters. The van der Waals surface area contributed by atoms with Gasteiger partial charge in [-0.3, -0.25) is 9.52 Å². The minimum Gasteiger partial charge on any atom is -0.465 e. The smallest absolute Gasteiger partial charge is 0.337 e. The third kappa shape index (κ3) is 5.15. The van der Waals surface area contributed by atoms with Crippen LogP contribution in [0.15, 0.2) is 65.6 Å². The lowest BCUT2D eigenvalue weighted by atomic mass is 10.1. The van der Waals surface area contributed by atoms with E-state index in [0.717, 1.165) is 11.1 Å². The fourth-order valence-corrected chi connectivity index (χ4v) is 4.17. The zero-order valence-electron chi connectivity index (χ0n) is 18.2. The number of esters is 1. The molecule has 7 nitrogen and oxygen atoms in total. The van der Waals surface area contributed by atoms with Crippen LogP contribution in [-0.4, -0.2) is 27.4 Å². The van der Waals surface area contributed by atoms with Crippen LogP contribution in [-0.2, 0) is 14.8 Å². The Bertz CT molecular complexity index is 1280. The number of aryl methyl sites for hydroxylation is 3. The van der Waals surface area contributed by atoms with Crippen molar-refractivity contribution >= 4 is 33.3 Å². The van der Waals surface area contributed by atoms with Crippen LogP contribution in [0.25, 0.3) is 0 Å². The second kappa shape index (κ2) is 9.23. The van der Waals surface area contributed by atoms with E-state index in [1.165, 1.54) is 13.2 Å². The average Bonchev–Trinajstić information content (AvgIpc) is 2.76. The molecule has 0 unspecified atom stereocenters. The number of hydrogen-bond donors (Lipinski definition) is 2. The summed E-state index contributed by atoms with van der Waals surface area (Å²) in [5, 5.41) is 2.79. The Morgan fingerprint density at radius 1 is 0.781 bits per heavy atom. The van der Waals surface area contributed by atoms with Crippen molar-refractivity contribution in [2.24, 2.45) is 0 Å². The molecule has 32 heavy (non-hydrogen) atoms. The van der Waals surface area contributed by atoms with Gasteiger partial charge >= 0.3 is 5.97 Å². The number of ether oxygens (including phenoxy) is 1. The van der Waals surface area contributed by atoms with Gasteiger partial charge in [-0.2, -0.15) is 0 Å². The maximum absolute atomic E-state index is 12.8. The predicted octanol–water partition coefficient (Wildman–Crippen LogP) is 4.45. The van der Waals surface area contributed by atoms with E-state index in [-0.39, 0.29) is 10.8 Å². The van der Waals surface area contributed by atoms with Crippen LogP contribution in [0.5, 0.6) is 0 Å².